The van der Waals surface area contributed by atoms with Crippen LogP contribution in [0, 0.1) is 0 Å². The van der Waals surface area contributed by atoms with E-state index in [-0.39, 0.29) is 0 Å². The summed E-state index contributed by atoms with van der Waals surface area (Å²) < 4.78 is 0. The van der Waals surface area contributed by atoms with E-state index in [9.17, 15) is 10.2 Å². The molecule has 2 unspecified atom stereocenters. The number of hydrogen-bond donors (Lipinski definition) is 4. The maximum atomic E-state index is 10.0. The summed E-state index contributed by atoms with van der Waals surface area (Å²) in [6.07, 6.45) is -0.153. The normalized spacial score (nSPS) is 15.0. The van der Waals surface area contributed by atoms with Crippen LogP contribution in [-0.2, 0) is 0 Å². The molecule has 0 fully saturated rings. The first-order valence-corrected chi connectivity index (χ1v) is 5.47. The molecule has 1 rings (SSSR count). The van der Waals surface area contributed by atoms with Crippen LogP contribution >= 0.6 is 0 Å². The maximum Gasteiger partial charge on any atom is 0.106 e. The number of nitrogens with one attached hydrogen (secondary N) is 1. The molecule has 4 N–H and O–H groups in total. The molecule has 0 aliphatic heterocycles. The predicted molar refractivity (Wildman–Crippen MR) is 65.3 cm³/mol. The fraction of sp³-hybridized carbons (Fsp3) is 0.417. The maximum absolute atomic E-state index is 10.0. The number of benzene rings is 1. The lowest BCUT2D eigenvalue weighted by atomic mass is 9.97. The van der Waals surface area contributed by atoms with Crippen molar-refractivity contribution >= 4 is 6.21 Å². The zero-order valence-corrected chi connectivity index (χ0v) is 9.74. The molecule has 1 aromatic rings. The van der Waals surface area contributed by atoms with Gasteiger partial charge in [-0.25, -0.2) is 0 Å². The molecule has 94 valence electrons. The monoisotopic (exact) mass is 238 g/mol. The van der Waals surface area contributed by atoms with Gasteiger partial charge >= 0.3 is 0 Å². The van der Waals surface area contributed by atoms with Crippen LogP contribution in [0.5, 0.6) is 0 Å². The first kappa shape index (κ1) is 13.6. The molecule has 0 saturated carbocycles. The van der Waals surface area contributed by atoms with Gasteiger partial charge < -0.3 is 20.7 Å². The number of nitrogens with zero attached hydrogens (tertiary/aromatic N) is 1. The van der Waals surface area contributed by atoms with Gasteiger partial charge in [0.05, 0.1) is 12.3 Å². The van der Waals surface area contributed by atoms with Crippen LogP contribution in [0.3, 0.4) is 0 Å². The Morgan fingerprint density at radius 2 is 2.06 bits per heavy atom. The first-order chi connectivity index (χ1) is 8.20. The van der Waals surface area contributed by atoms with E-state index < -0.39 is 12.2 Å². The molecule has 0 aromatic heterocycles. The summed E-state index contributed by atoms with van der Waals surface area (Å²) in [4.78, 5) is 0. The summed E-state index contributed by atoms with van der Waals surface area (Å²) in [7, 11) is 1.78. The highest BCUT2D eigenvalue weighted by Crippen LogP contribution is 2.21. The van der Waals surface area contributed by atoms with Gasteiger partial charge in [0.2, 0.25) is 0 Å². The van der Waals surface area contributed by atoms with E-state index in [4.69, 9.17) is 5.21 Å². The van der Waals surface area contributed by atoms with Gasteiger partial charge in [-0.15, -0.1) is 0 Å². The molecule has 0 spiro atoms. The third kappa shape index (κ3) is 3.81. The van der Waals surface area contributed by atoms with E-state index in [2.05, 4.69) is 10.5 Å². The molecule has 2 atom stereocenters. The van der Waals surface area contributed by atoms with Crippen LogP contribution in [0.15, 0.2) is 29.4 Å². The van der Waals surface area contributed by atoms with E-state index in [1.165, 1.54) is 6.21 Å². The highest BCUT2D eigenvalue weighted by atomic mass is 16.4. The third-order valence-electron chi connectivity index (χ3n) is 2.57. The zero-order valence-electron chi connectivity index (χ0n) is 9.74. The van der Waals surface area contributed by atoms with Crippen LogP contribution in [-0.4, -0.2) is 41.3 Å². The topological polar surface area (TPSA) is 85.1 Å². The summed E-state index contributed by atoms with van der Waals surface area (Å²) in [5, 5.41) is 34.2. The SMILES string of the molecule is CNCCC(O)C(O)c1ccccc1C=NO. The van der Waals surface area contributed by atoms with Crippen molar-refractivity contribution < 1.29 is 15.4 Å². The average molecular weight is 238 g/mol. The lowest BCUT2D eigenvalue weighted by Gasteiger charge is -2.19. The second-order valence-corrected chi connectivity index (χ2v) is 3.78. The first-order valence-electron chi connectivity index (χ1n) is 5.47. The smallest absolute Gasteiger partial charge is 0.106 e. The second-order valence-electron chi connectivity index (χ2n) is 3.78. The number of rotatable bonds is 6. The van der Waals surface area contributed by atoms with E-state index in [0.29, 0.717) is 24.1 Å². The molecule has 0 aliphatic carbocycles. The molecular weight excluding hydrogens is 220 g/mol. The zero-order chi connectivity index (χ0) is 12.7. The van der Waals surface area contributed by atoms with Gasteiger partial charge in [-0.1, -0.05) is 29.4 Å². The second kappa shape index (κ2) is 7.01. The standard InChI is InChI=1S/C12H18N2O3/c1-13-7-6-11(15)12(16)10-5-3-2-4-9(10)8-14-17/h2-5,8,11-13,15-17H,6-7H2,1H3. The molecule has 17 heavy (non-hydrogen) atoms. The Labute approximate surface area is 100 Å². The number of hydrogen-bond acceptors (Lipinski definition) is 5. The average Bonchev–Trinajstić information content (AvgIpc) is 2.36. The van der Waals surface area contributed by atoms with Crippen molar-refractivity contribution in [3.8, 4) is 0 Å². The van der Waals surface area contributed by atoms with Crippen LogP contribution < -0.4 is 5.32 Å². The molecule has 5 nitrogen and oxygen atoms in total. The molecule has 5 heteroatoms. The minimum Gasteiger partial charge on any atom is -0.411 e. The van der Waals surface area contributed by atoms with Crippen molar-refractivity contribution in [2.75, 3.05) is 13.6 Å². The Balaban J connectivity index is 2.83. The molecule has 1 aromatic carbocycles. The van der Waals surface area contributed by atoms with Crippen LogP contribution in [0.25, 0.3) is 0 Å². The Morgan fingerprint density at radius 3 is 2.71 bits per heavy atom. The summed E-state index contributed by atoms with van der Waals surface area (Å²) in [6.45, 7) is 0.620. The van der Waals surface area contributed by atoms with Gasteiger partial charge in [0.1, 0.15) is 6.10 Å². The van der Waals surface area contributed by atoms with E-state index in [1.54, 1.807) is 31.3 Å². The fourth-order valence-electron chi connectivity index (χ4n) is 1.62. The third-order valence-corrected chi connectivity index (χ3v) is 2.57. The van der Waals surface area contributed by atoms with E-state index in [0.717, 1.165) is 0 Å². The lowest BCUT2D eigenvalue weighted by molar-refractivity contribution is 0.0139. The van der Waals surface area contributed by atoms with Gasteiger partial charge in [0.25, 0.3) is 0 Å². The van der Waals surface area contributed by atoms with Crippen LogP contribution in [0.1, 0.15) is 23.7 Å². The van der Waals surface area contributed by atoms with Crippen molar-refractivity contribution in [2.24, 2.45) is 5.16 Å². The summed E-state index contributed by atoms with van der Waals surface area (Å²) in [6, 6.07) is 6.94. The molecule has 0 aliphatic rings. The van der Waals surface area contributed by atoms with Crippen molar-refractivity contribution in [3.63, 3.8) is 0 Å². The minimum atomic E-state index is -0.988. The summed E-state index contributed by atoms with van der Waals surface area (Å²) in [5.74, 6) is 0. The van der Waals surface area contributed by atoms with Crippen LogP contribution in [0.4, 0.5) is 0 Å². The Bertz CT molecular complexity index is 369. The highest BCUT2D eigenvalue weighted by Gasteiger charge is 2.19. The van der Waals surface area contributed by atoms with Gasteiger partial charge in [0, 0.05) is 5.56 Å². The fourth-order valence-corrected chi connectivity index (χ4v) is 1.62. The molecule has 0 heterocycles. The van der Waals surface area contributed by atoms with Crippen LogP contribution in [0.2, 0.25) is 0 Å². The molecule has 0 saturated heterocycles. The molecule has 0 radical (unpaired) electrons. The molecular formula is C12H18N2O3. The van der Waals surface area contributed by atoms with Crippen molar-refractivity contribution in [3.05, 3.63) is 35.4 Å². The number of oxime groups is 1. The van der Waals surface area contributed by atoms with Crippen molar-refractivity contribution in [1.82, 2.24) is 5.32 Å². The summed E-state index contributed by atoms with van der Waals surface area (Å²) in [5.41, 5.74) is 1.14. The molecule has 0 amide bonds. The predicted octanol–water partition coefficient (Wildman–Crippen LogP) is 0.499. The van der Waals surface area contributed by atoms with Gasteiger partial charge in [-0.2, -0.15) is 0 Å². The van der Waals surface area contributed by atoms with Crippen molar-refractivity contribution in [1.29, 1.82) is 0 Å². The van der Waals surface area contributed by atoms with Gasteiger partial charge in [-0.3, -0.25) is 0 Å². The van der Waals surface area contributed by atoms with Gasteiger partial charge in [-0.05, 0) is 25.6 Å². The highest BCUT2D eigenvalue weighted by molar-refractivity contribution is 5.81. The number of aliphatic hydroxyl groups excluding tert-OH is 2. The summed E-state index contributed by atoms with van der Waals surface area (Å²) >= 11 is 0. The number of aliphatic hydroxyl groups is 2. The van der Waals surface area contributed by atoms with Gasteiger partial charge in [0.15, 0.2) is 0 Å². The van der Waals surface area contributed by atoms with Crippen molar-refractivity contribution in [2.45, 2.75) is 18.6 Å². The Kier molecular flexibility index (Phi) is 5.62. The largest absolute Gasteiger partial charge is 0.411 e. The lowest BCUT2D eigenvalue weighted by Crippen LogP contribution is -2.24. The minimum absolute atomic E-state index is 0.447. The van der Waals surface area contributed by atoms with E-state index >= 15 is 0 Å². The Morgan fingerprint density at radius 1 is 1.35 bits per heavy atom. The quantitative estimate of drug-likeness (QED) is 0.330. The Hall–Kier alpha value is -1.43. The van der Waals surface area contributed by atoms with E-state index in [1.807, 2.05) is 0 Å². The molecule has 0 bridgehead atoms.